The van der Waals surface area contributed by atoms with E-state index < -0.39 is 5.91 Å². The molecule has 0 radical (unpaired) electrons. The van der Waals surface area contributed by atoms with E-state index in [1.807, 2.05) is 0 Å². The molecule has 4 rings (SSSR count). The molecule has 8 nitrogen and oxygen atoms in total. The van der Waals surface area contributed by atoms with Crippen molar-refractivity contribution in [1.29, 1.82) is 0 Å². The number of amides is 2. The monoisotopic (exact) mass is 369 g/mol. The number of hydrogen-bond donors (Lipinski definition) is 1. The van der Waals surface area contributed by atoms with Crippen molar-refractivity contribution in [1.82, 2.24) is 9.88 Å². The zero-order valence-electron chi connectivity index (χ0n) is 14.6. The minimum absolute atomic E-state index is 0.130. The topological polar surface area (TPSA) is 90.0 Å². The number of anilines is 1. The molecule has 2 aromatic rings. The van der Waals surface area contributed by atoms with E-state index in [4.69, 9.17) is 14.2 Å². The Morgan fingerprint density at radius 3 is 2.56 bits per heavy atom. The summed E-state index contributed by atoms with van der Waals surface area (Å²) in [6.45, 7) is 3.10. The SMILES string of the molecule is O=C(Nc1ccc2c(c1)OCCO2)c1cc(C(=O)N2CCOCC2)ccn1. The van der Waals surface area contributed by atoms with Crippen molar-refractivity contribution >= 4 is 17.5 Å². The van der Waals surface area contributed by atoms with Crippen LogP contribution in [-0.4, -0.2) is 61.2 Å². The number of fused-ring (bicyclic) bond motifs is 1. The first kappa shape index (κ1) is 17.3. The molecule has 1 aromatic carbocycles. The number of benzene rings is 1. The minimum Gasteiger partial charge on any atom is -0.486 e. The summed E-state index contributed by atoms with van der Waals surface area (Å²) in [6, 6.07) is 8.29. The van der Waals surface area contributed by atoms with Gasteiger partial charge in [0.25, 0.3) is 11.8 Å². The molecule has 0 spiro atoms. The number of ether oxygens (including phenoxy) is 3. The van der Waals surface area contributed by atoms with Crippen LogP contribution in [-0.2, 0) is 4.74 Å². The van der Waals surface area contributed by atoms with Gasteiger partial charge in [-0.3, -0.25) is 14.6 Å². The van der Waals surface area contributed by atoms with E-state index in [1.165, 1.54) is 12.3 Å². The van der Waals surface area contributed by atoms with Crippen LogP contribution in [0.3, 0.4) is 0 Å². The van der Waals surface area contributed by atoms with Crippen LogP contribution in [0, 0.1) is 0 Å². The van der Waals surface area contributed by atoms with E-state index in [0.717, 1.165) is 0 Å². The Morgan fingerprint density at radius 2 is 1.74 bits per heavy atom. The summed E-state index contributed by atoms with van der Waals surface area (Å²) >= 11 is 0. The maximum absolute atomic E-state index is 12.6. The molecule has 140 valence electrons. The number of rotatable bonds is 3. The number of nitrogens with one attached hydrogen (secondary N) is 1. The van der Waals surface area contributed by atoms with Crippen LogP contribution in [0.4, 0.5) is 5.69 Å². The quantitative estimate of drug-likeness (QED) is 0.883. The molecular weight excluding hydrogens is 350 g/mol. The Bertz CT molecular complexity index is 864. The largest absolute Gasteiger partial charge is 0.486 e. The number of hydrogen-bond acceptors (Lipinski definition) is 6. The lowest BCUT2D eigenvalue weighted by molar-refractivity contribution is 0.0303. The minimum atomic E-state index is -0.400. The van der Waals surface area contributed by atoms with Gasteiger partial charge in [-0.15, -0.1) is 0 Å². The summed E-state index contributed by atoms with van der Waals surface area (Å²) in [7, 11) is 0. The van der Waals surface area contributed by atoms with Crippen LogP contribution in [0.5, 0.6) is 11.5 Å². The summed E-state index contributed by atoms with van der Waals surface area (Å²) in [6.07, 6.45) is 1.46. The normalized spacial score (nSPS) is 15.9. The molecule has 0 atom stereocenters. The predicted octanol–water partition coefficient (Wildman–Crippen LogP) is 1.58. The Hall–Kier alpha value is -3.13. The molecule has 1 N–H and O–H groups in total. The van der Waals surface area contributed by atoms with E-state index in [0.29, 0.717) is 62.3 Å². The van der Waals surface area contributed by atoms with Crippen LogP contribution in [0.15, 0.2) is 36.5 Å². The van der Waals surface area contributed by atoms with Gasteiger partial charge in [0.1, 0.15) is 18.9 Å². The highest BCUT2D eigenvalue weighted by Crippen LogP contribution is 2.32. The summed E-state index contributed by atoms with van der Waals surface area (Å²) < 4.78 is 16.2. The molecule has 0 bridgehead atoms. The van der Waals surface area contributed by atoms with Crippen molar-refractivity contribution in [2.75, 3.05) is 44.8 Å². The predicted molar refractivity (Wildman–Crippen MR) is 96.3 cm³/mol. The van der Waals surface area contributed by atoms with Crippen LogP contribution in [0.1, 0.15) is 20.8 Å². The number of pyridine rings is 1. The molecular formula is C19H19N3O5. The molecule has 1 saturated heterocycles. The van der Waals surface area contributed by atoms with E-state index in [9.17, 15) is 9.59 Å². The van der Waals surface area contributed by atoms with Crippen molar-refractivity contribution < 1.29 is 23.8 Å². The second-order valence-corrected chi connectivity index (χ2v) is 6.15. The van der Waals surface area contributed by atoms with Crippen LogP contribution in [0.2, 0.25) is 0 Å². The van der Waals surface area contributed by atoms with E-state index in [2.05, 4.69) is 10.3 Å². The molecule has 2 aliphatic rings. The maximum atomic E-state index is 12.6. The number of carbonyl (C=O) groups is 2. The Labute approximate surface area is 156 Å². The summed E-state index contributed by atoms with van der Waals surface area (Å²) in [4.78, 5) is 30.9. The molecule has 2 amide bonds. The molecule has 0 aliphatic carbocycles. The van der Waals surface area contributed by atoms with Gasteiger partial charge in [0.15, 0.2) is 11.5 Å². The van der Waals surface area contributed by atoms with Crippen LogP contribution >= 0.6 is 0 Å². The lowest BCUT2D eigenvalue weighted by Crippen LogP contribution is -2.40. The fourth-order valence-electron chi connectivity index (χ4n) is 2.95. The zero-order chi connectivity index (χ0) is 18.6. The van der Waals surface area contributed by atoms with Crippen molar-refractivity contribution in [3.05, 3.63) is 47.8 Å². The van der Waals surface area contributed by atoms with Gasteiger partial charge < -0.3 is 24.4 Å². The second kappa shape index (κ2) is 7.63. The number of nitrogens with zero attached hydrogens (tertiary/aromatic N) is 2. The molecule has 1 aromatic heterocycles. The molecule has 27 heavy (non-hydrogen) atoms. The number of aromatic nitrogens is 1. The number of morpholine rings is 1. The molecule has 8 heteroatoms. The third-order valence-corrected chi connectivity index (χ3v) is 4.34. The van der Waals surface area contributed by atoms with Gasteiger partial charge in [0.05, 0.1) is 13.2 Å². The molecule has 0 unspecified atom stereocenters. The molecule has 0 saturated carbocycles. The Balaban J connectivity index is 1.48. The van der Waals surface area contributed by atoms with Crippen molar-refractivity contribution in [3.8, 4) is 11.5 Å². The Morgan fingerprint density at radius 1 is 0.963 bits per heavy atom. The first-order valence-corrected chi connectivity index (χ1v) is 8.75. The third-order valence-electron chi connectivity index (χ3n) is 4.34. The van der Waals surface area contributed by atoms with Gasteiger partial charge in [-0.2, -0.15) is 0 Å². The highest BCUT2D eigenvalue weighted by Gasteiger charge is 2.20. The summed E-state index contributed by atoms with van der Waals surface area (Å²) in [5, 5.41) is 2.77. The smallest absolute Gasteiger partial charge is 0.274 e. The standard InChI is InChI=1S/C19H19N3O5/c23-18(21-14-1-2-16-17(12-14)27-10-9-26-16)15-11-13(3-4-20-15)19(24)22-5-7-25-8-6-22/h1-4,11-12H,5-10H2,(H,21,23). The van der Waals surface area contributed by atoms with Gasteiger partial charge in [0.2, 0.25) is 0 Å². The number of carbonyl (C=O) groups excluding carboxylic acids is 2. The molecule has 2 aliphatic heterocycles. The summed E-state index contributed by atoms with van der Waals surface area (Å²) in [5.41, 5.74) is 1.17. The highest BCUT2D eigenvalue weighted by molar-refractivity contribution is 6.04. The lowest BCUT2D eigenvalue weighted by atomic mass is 10.2. The summed E-state index contributed by atoms with van der Waals surface area (Å²) in [5.74, 6) is 0.705. The van der Waals surface area contributed by atoms with E-state index >= 15 is 0 Å². The van der Waals surface area contributed by atoms with Gasteiger partial charge in [-0.1, -0.05) is 0 Å². The van der Waals surface area contributed by atoms with Crippen molar-refractivity contribution in [2.45, 2.75) is 0 Å². The third kappa shape index (κ3) is 3.85. The van der Waals surface area contributed by atoms with Gasteiger partial charge >= 0.3 is 0 Å². The van der Waals surface area contributed by atoms with Crippen molar-refractivity contribution in [2.24, 2.45) is 0 Å². The average Bonchev–Trinajstić information content (AvgIpc) is 2.74. The Kier molecular flexibility index (Phi) is 4.88. The van der Waals surface area contributed by atoms with Crippen molar-refractivity contribution in [3.63, 3.8) is 0 Å². The average molecular weight is 369 g/mol. The van der Waals surface area contributed by atoms with Gasteiger partial charge in [-0.25, -0.2) is 0 Å². The van der Waals surface area contributed by atoms with E-state index in [1.54, 1.807) is 29.2 Å². The molecule has 3 heterocycles. The first-order chi connectivity index (χ1) is 13.2. The maximum Gasteiger partial charge on any atom is 0.274 e. The van der Waals surface area contributed by atoms with Crippen LogP contribution < -0.4 is 14.8 Å². The van der Waals surface area contributed by atoms with E-state index in [-0.39, 0.29) is 11.6 Å². The molecule has 1 fully saturated rings. The lowest BCUT2D eigenvalue weighted by Gasteiger charge is -2.26. The highest BCUT2D eigenvalue weighted by atomic mass is 16.6. The van der Waals surface area contributed by atoms with Gasteiger partial charge in [-0.05, 0) is 24.3 Å². The second-order valence-electron chi connectivity index (χ2n) is 6.15. The fraction of sp³-hybridized carbons (Fsp3) is 0.316. The fourth-order valence-corrected chi connectivity index (χ4v) is 2.95. The first-order valence-electron chi connectivity index (χ1n) is 8.75. The van der Waals surface area contributed by atoms with Gasteiger partial charge in [0, 0.05) is 36.6 Å². The van der Waals surface area contributed by atoms with Crippen LogP contribution in [0.25, 0.3) is 0 Å². The zero-order valence-corrected chi connectivity index (χ0v) is 14.6.